The molecule has 1 aliphatic heterocycles. The van der Waals surface area contributed by atoms with Crippen LogP contribution in [0.5, 0.6) is 0 Å². The molecule has 20 heavy (non-hydrogen) atoms. The molecule has 110 valence electrons. The fourth-order valence-corrected chi connectivity index (χ4v) is 2.61. The molecule has 0 radical (unpaired) electrons. The maximum absolute atomic E-state index is 12.4. The summed E-state index contributed by atoms with van der Waals surface area (Å²) in [6.45, 7) is 0.530. The van der Waals surface area contributed by atoms with Gasteiger partial charge in [0, 0.05) is 18.2 Å². The van der Waals surface area contributed by atoms with E-state index < -0.39 is 23.6 Å². The van der Waals surface area contributed by atoms with Gasteiger partial charge in [0.2, 0.25) is 0 Å². The summed E-state index contributed by atoms with van der Waals surface area (Å²) >= 11 is 0. The first kappa shape index (κ1) is 14.8. The molecule has 1 aromatic carbocycles. The molecular formula is C13H15F3N2O2. The Morgan fingerprint density at radius 1 is 1.30 bits per heavy atom. The normalized spacial score (nSPS) is 23.6. The van der Waals surface area contributed by atoms with Crippen molar-refractivity contribution in [3.05, 3.63) is 39.9 Å². The Kier molecular flexibility index (Phi) is 4.27. The summed E-state index contributed by atoms with van der Waals surface area (Å²) in [6.07, 6.45) is -3.87. The monoisotopic (exact) mass is 288 g/mol. The number of non-ortho nitro benzene ring substituents is 1. The van der Waals surface area contributed by atoms with Crippen molar-refractivity contribution in [3.63, 3.8) is 0 Å². The third-order valence-electron chi connectivity index (χ3n) is 3.55. The Morgan fingerprint density at radius 2 is 1.95 bits per heavy atom. The summed E-state index contributed by atoms with van der Waals surface area (Å²) in [6, 6.07) is 5.49. The highest BCUT2D eigenvalue weighted by atomic mass is 19.4. The van der Waals surface area contributed by atoms with Gasteiger partial charge in [0.05, 0.1) is 11.3 Å². The van der Waals surface area contributed by atoms with E-state index in [0.717, 1.165) is 12.0 Å². The average Bonchev–Trinajstić information content (AvgIpc) is 2.37. The number of alkyl halides is 3. The van der Waals surface area contributed by atoms with Crippen LogP contribution < -0.4 is 5.32 Å². The molecule has 0 spiro atoms. The molecule has 1 aliphatic rings. The van der Waals surface area contributed by atoms with Crippen LogP contribution in [0.25, 0.3) is 0 Å². The second kappa shape index (κ2) is 5.78. The van der Waals surface area contributed by atoms with E-state index in [0.29, 0.717) is 13.0 Å². The van der Waals surface area contributed by atoms with Crippen LogP contribution in [0, 0.1) is 10.1 Å². The Balaban J connectivity index is 2.03. The third kappa shape index (κ3) is 3.93. The van der Waals surface area contributed by atoms with Crippen molar-refractivity contribution >= 4 is 5.69 Å². The fraction of sp³-hybridized carbons (Fsp3) is 0.538. The standard InChI is InChI=1S/C13H15F3N2O2/c14-13(15,16)8-11-7-10(5-6-17-11)9-1-3-12(4-2-9)18(19)20/h1-4,10-11,17H,5-8H2. The lowest BCUT2D eigenvalue weighted by Gasteiger charge is -2.31. The van der Waals surface area contributed by atoms with Gasteiger partial charge in [-0.2, -0.15) is 13.2 Å². The minimum atomic E-state index is -4.17. The second-order valence-electron chi connectivity index (χ2n) is 5.04. The molecule has 1 aromatic rings. The number of benzene rings is 1. The summed E-state index contributed by atoms with van der Waals surface area (Å²) in [7, 11) is 0. The molecule has 0 saturated carbocycles. The summed E-state index contributed by atoms with van der Waals surface area (Å²) < 4.78 is 37.2. The van der Waals surface area contributed by atoms with Crippen molar-refractivity contribution in [2.75, 3.05) is 6.54 Å². The van der Waals surface area contributed by atoms with Gasteiger partial charge in [-0.15, -0.1) is 0 Å². The summed E-state index contributed by atoms with van der Waals surface area (Å²) in [5.41, 5.74) is 0.860. The molecule has 1 heterocycles. The SMILES string of the molecule is O=[N+]([O-])c1ccc(C2CCNC(CC(F)(F)F)C2)cc1. The lowest BCUT2D eigenvalue weighted by molar-refractivity contribution is -0.384. The molecule has 2 unspecified atom stereocenters. The van der Waals surface area contributed by atoms with Crippen LogP contribution in [0.2, 0.25) is 0 Å². The lowest BCUT2D eigenvalue weighted by Crippen LogP contribution is -2.40. The number of nitro benzene ring substituents is 1. The van der Waals surface area contributed by atoms with Gasteiger partial charge in [-0.25, -0.2) is 0 Å². The lowest BCUT2D eigenvalue weighted by atomic mass is 9.85. The van der Waals surface area contributed by atoms with Gasteiger partial charge in [-0.3, -0.25) is 10.1 Å². The fourth-order valence-electron chi connectivity index (χ4n) is 2.61. The number of rotatable bonds is 3. The average molecular weight is 288 g/mol. The highest BCUT2D eigenvalue weighted by Crippen LogP contribution is 2.33. The van der Waals surface area contributed by atoms with Crippen molar-refractivity contribution in [3.8, 4) is 0 Å². The van der Waals surface area contributed by atoms with Crippen LogP contribution in [0.4, 0.5) is 18.9 Å². The van der Waals surface area contributed by atoms with Gasteiger partial charge in [0.15, 0.2) is 0 Å². The molecule has 1 saturated heterocycles. The van der Waals surface area contributed by atoms with Gasteiger partial charge in [-0.05, 0) is 30.9 Å². The molecule has 2 rings (SSSR count). The second-order valence-corrected chi connectivity index (χ2v) is 5.04. The summed E-state index contributed by atoms with van der Waals surface area (Å²) in [5, 5.41) is 13.4. The Morgan fingerprint density at radius 3 is 2.50 bits per heavy atom. The van der Waals surface area contributed by atoms with Crippen LogP contribution in [-0.4, -0.2) is 23.7 Å². The van der Waals surface area contributed by atoms with Crippen LogP contribution in [0.15, 0.2) is 24.3 Å². The van der Waals surface area contributed by atoms with E-state index in [1.54, 1.807) is 12.1 Å². The maximum Gasteiger partial charge on any atom is 0.390 e. The van der Waals surface area contributed by atoms with E-state index in [2.05, 4.69) is 5.32 Å². The van der Waals surface area contributed by atoms with E-state index in [1.165, 1.54) is 12.1 Å². The number of nitro groups is 1. The number of nitrogens with zero attached hydrogens (tertiary/aromatic N) is 1. The molecule has 1 N–H and O–H groups in total. The van der Waals surface area contributed by atoms with E-state index in [-0.39, 0.29) is 11.6 Å². The first-order chi connectivity index (χ1) is 9.35. The highest BCUT2D eigenvalue weighted by molar-refractivity contribution is 5.34. The van der Waals surface area contributed by atoms with E-state index in [9.17, 15) is 23.3 Å². The summed E-state index contributed by atoms with van der Waals surface area (Å²) in [5.74, 6) is 0.0180. The quantitative estimate of drug-likeness (QED) is 0.685. The zero-order chi connectivity index (χ0) is 14.8. The topological polar surface area (TPSA) is 55.2 Å². The molecule has 0 amide bonds. The van der Waals surface area contributed by atoms with Crippen LogP contribution >= 0.6 is 0 Å². The first-order valence-electron chi connectivity index (χ1n) is 6.39. The van der Waals surface area contributed by atoms with Gasteiger partial charge in [-0.1, -0.05) is 12.1 Å². The maximum atomic E-state index is 12.4. The minimum Gasteiger partial charge on any atom is -0.314 e. The van der Waals surface area contributed by atoms with Crippen LogP contribution in [0.1, 0.15) is 30.7 Å². The van der Waals surface area contributed by atoms with E-state index in [4.69, 9.17) is 0 Å². The van der Waals surface area contributed by atoms with Gasteiger partial charge in [0.1, 0.15) is 0 Å². The van der Waals surface area contributed by atoms with Crippen molar-refractivity contribution in [2.45, 2.75) is 37.4 Å². The third-order valence-corrected chi connectivity index (χ3v) is 3.55. The van der Waals surface area contributed by atoms with Gasteiger partial charge < -0.3 is 5.32 Å². The predicted octanol–water partition coefficient (Wildman–Crippen LogP) is 3.38. The molecule has 4 nitrogen and oxygen atoms in total. The smallest absolute Gasteiger partial charge is 0.314 e. The van der Waals surface area contributed by atoms with E-state index in [1.807, 2.05) is 0 Å². The van der Waals surface area contributed by atoms with Crippen molar-refractivity contribution in [1.82, 2.24) is 5.32 Å². The van der Waals surface area contributed by atoms with E-state index >= 15 is 0 Å². The molecule has 0 aromatic heterocycles. The summed E-state index contributed by atoms with van der Waals surface area (Å²) in [4.78, 5) is 10.1. The molecule has 1 fully saturated rings. The molecule has 7 heteroatoms. The van der Waals surface area contributed by atoms with Crippen molar-refractivity contribution < 1.29 is 18.1 Å². The van der Waals surface area contributed by atoms with Gasteiger partial charge in [0.25, 0.3) is 5.69 Å². The molecular weight excluding hydrogens is 273 g/mol. The number of hydrogen-bond acceptors (Lipinski definition) is 3. The number of nitrogens with one attached hydrogen (secondary N) is 1. The van der Waals surface area contributed by atoms with Crippen molar-refractivity contribution in [2.24, 2.45) is 0 Å². The number of hydrogen-bond donors (Lipinski definition) is 1. The largest absolute Gasteiger partial charge is 0.390 e. The minimum absolute atomic E-state index is 0.00507. The molecule has 0 bridgehead atoms. The zero-order valence-electron chi connectivity index (χ0n) is 10.7. The zero-order valence-corrected chi connectivity index (χ0v) is 10.7. The predicted molar refractivity (Wildman–Crippen MR) is 67.5 cm³/mol. The Hall–Kier alpha value is -1.63. The Labute approximate surface area is 114 Å². The highest BCUT2D eigenvalue weighted by Gasteiger charge is 2.34. The van der Waals surface area contributed by atoms with Crippen LogP contribution in [0.3, 0.4) is 0 Å². The number of halogens is 3. The first-order valence-corrected chi connectivity index (χ1v) is 6.39. The van der Waals surface area contributed by atoms with Gasteiger partial charge >= 0.3 is 6.18 Å². The van der Waals surface area contributed by atoms with Crippen molar-refractivity contribution in [1.29, 1.82) is 0 Å². The van der Waals surface area contributed by atoms with Crippen LogP contribution in [-0.2, 0) is 0 Å². The number of piperidine rings is 1. The Bertz CT molecular complexity index is 473. The molecule has 2 atom stereocenters. The molecule has 0 aliphatic carbocycles.